The lowest BCUT2D eigenvalue weighted by atomic mass is 9.96. The topological polar surface area (TPSA) is 23.5 Å². The number of benzene rings is 1. The first kappa shape index (κ1) is 11.2. The highest BCUT2D eigenvalue weighted by atomic mass is 16.3. The second kappa shape index (κ2) is 4.43. The zero-order valence-corrected chi connectivity index (χ0v) is 10.4. The average molecular weight is 231 g/mol. The fourth-order valence-corrected chi connectivity index (χ4v) is 3.77. The summed E-state index contributed by atoms with van der Waals surface area (Å²) in [5.74, 6) is 0.823. The minimum atomic E-state index is -0.327. The van der Waals surface area contributed by atoms with Crippen molar-refractivity contribution in [3.63, 3.8) is 0 Å². The van der Waals surface area contributed by atoms with Crippen molar-refractivity contribution in [1.82, 2.24) is 4.90 Å². The second-order valence-corrected chi connectivity index (χ2v) is 5.58. The van der Waals surface area contributed by atoms with Crippen LogP contribution in [0.3, 0.4) is 0 Å². The van der Waals surface area contributed by atoms with E-state index in [4.69, 9.17) is 0 Å². The first-order chi connectivity index (χ1) is 8.27. The minimum absolute atomic E-state index is 0.313. The summed E-state index contributed by atoms with van der Waals surface area (Å²) < 4.78 is 0. The van der Waals surface area contributed by atoms with E-state index < -0.39 is 0 Å². The summed E-state index contributed by atoms with van der Waals surface area (Å²) >= 11 is 0. The van der Waals surface area contributed by atoms with E-state index >= 15 is 0 Å². The van der Waals surface area contributed by atoms with Gasteiger partial charge in [-0.25, -0.2) is 0 Å². The molecular weight excluding hydrogens is 210 g/mol. The molecule has 1 aliphatic carbocycles. The van der Waals surface area contributed by atoms with Gasteiger partial charge < -0.3 is 5.11 Å². The van der Waals surface area contributed by atoms with Gasteiger partial charge >= 0.3 is 0 Å². The first-order valence-electron chi connectivity index (χ1n) is 6.72. The number of hydrogen-bond acceptors (Lipinski definition) is 2. The summed E-state index contributed by atoms with van der Waals surface area (Å²) in [4.78, 5) is 2.43. The van der Waals surface area contributed by atoms with Crippen LogP contribution < -0.4 is 0 Å². The van der Waals surface area contributed by atoms with Gasteiger partial charge in [0.1, 0.15) is 0 Å². The van der Waals surface area contributed by atoms with Crippen LogP contribution >= 0.6 is 0 Å². The number of likely N-dealkylation sites (N-methyl/N-ethyl adjacent to an activating group) is 1. The van der Waals surface area contributed by atoms with Crippen LogP contribution in [0.15, 0.2) is 30.3 Å². The molecular formula is C15H21NO. The molecule has 17 heavy (non-hydrogen) atoms. The van der Waals surface area contributed by atoms with E-state index in [2.05, 4.69) is 11.9 Å². The molecule has 3 rings (SSSR count). The number of nitrogens with zero attached hydrogens (tertiary/aromatic N) is 1. The Kier molecular flexibility index (Phi) is 2.93. The maximum Gasteiger partial charge on any atom is 0.0945 e. The maximum atomic E-state index is 10.5. The molecule has 2 fully saturated rings. The van der Waals surface area contributed by atoms with Crippen molar-refractivity contribution in [3.05, 3.63) is 35.9 Å². The van der Waals surface area contributed by atoms with Gasteiger partial charge in [-0.3, -0.25) is 4.90 Å². The van der Waals surface area contributed by atoms with Crippen molar-refractivity contribution >= 4 is 0 Å². The number of likely N-dealkylation sites (tertiary alicyclic amines) is 1. The quantitative estimate of drug-likeness (QED) is 0.845. The van der Waals surface area contributed by atoms with Crippen LogP contribution in [-0.4, -0.2) is 29.1 Å². The van der Waals surface area contributed by atoms with Crippen LogP contribution in [0.2, 0.25) is 0 Å². The lowest BCUT2D eigenvalue weighted by Gasteiger charge is -2.28. The van der Waals surface area contributed by atoms with E-state index in [0.29, 0.717) is 6.04 Å². The van der Waals surface area contributed by atoms with Gasteiger partial charge in [0, 0.05) is 12.1 Å². The van der Waals surface area contributed by atoms with Crippen LogP contribution in [0.5, 0.6) is 0 Å². The van der Waals surface area contributed by atoms with Crippen LogP contribution in [-0.2, 0) is 0 Å². The van der Waals surface area contributed by atoms with Gasteiger partial charge in [-0.05, 0) is 37.8 Å². The summed E-state index contributed by atoms with van der Waals surface area (Å²) in [5, 5.41) is 10.5. The predicted octanol–water partition coefficient (Wildman–Crippen LogP) is 2.59. The average Bonchev–Trinajstić information content (AvgIpc) is 2.93. The number of aliphatic hydroxyl groups is 1. The molecule has 92 valence electrons. The molecule has 2 heteroatoms. The van der Waals surface area contributed by atoms with Crippen LogP contribution in [0, 0.1) is 5.92 Å². The molecule has 1 heterocycles. The molecule has 1 saturated carbocycles. The Labute approximate surface area is 103 Å². The van der Waals surface area contributed by atoms with E-state index in [1.54, 1.807) is 0 Å². The molecule has 0 unspecified atom stereocenters. The predicted molar refractivity (Wildman–Crippen MR) is 68.7 cm³/mol. The molecule has 2 nitrogen and oxygen atoms in total. The third kappa shape index (κ3) is 1.90. The zero-order valence-electron chi connectivity index (χ0n) is 10.4. The van der Waals surface area contributed by atoms with E-state index in [9.17, 15) is 5.11 Å². The molecule has 0 bridgehead atoms. The number of aliphatic hydroxyl groups excluding tert-OH is 1. The van der Waals surface area contributed by atoms with Crippen molar-refractivity contribution < 1.29 is 5.11 Å². The van der Waals surface area contributed by atoms with Crippen LogP contribution in [0.25, 0.3) is 0 Å². The molecule has 0 radical (unpaired) electrons. The van der Waals surface area contributed by atoms with Gasteiger partial charge in [0.2, 0.25) is 0 Å². The Bertz CT molecular complexity index is 378. The van der Waals surface area contributed by atoms with Crippen molar-refractivity contribution in [2.45, 2.75) is 43.9 Å². The molecule has 0 spiro atoms. The minimum Gasteiger partial charge on any atom is -0.387 e. The highest BCUT2D eigenvalue weighted by molar-refractivity contribution is 5.20. The Morgan fingerprint density at radius 2 is 2.00 bits per heavy atom. The summed E-state index contributed by atoms with van der Waals surface area (Å²) in [5.41, 5.74) is 1.06. The molecule has 0 amide bonds. The molecule has 2 aliphatic rings. The summed E-state index contributed by atoms with van der Waals surface area (Å²) in [6, 6.07) is 11.1. The van der Waals surface area contributed by atoms with Crippen molar-refractivity contribution in [3.8, 4) is 0 Å². The monoisotopic (exact) mass is 231 g/mol. The van der Waals surface area contributed by atoms with Gasteiger partial charge in [0.05, 0.1) is 6.10 Å². The number of fused-ring (bicyclic) bond motifs is 1. The van der Waals surface area contributed by atoms with Gasteiger partial charge in [0.15, 0.2) is 0 Å². The summed E-state index contributed by atoms with van der Waals surface area (Å²) in [6.45, 7) is 0. The van der Waals surface area contributed by atoms with E-state index in [-0.39, 0.29) is 6.10 Å². The lowest BCUT2D eigenvalue weighted by Crippen LogP contribution is -2.36. The van der Waals surface area contributed by atoms with Gasteiger partial charge in [0.25, 0.3) is 0 Å². The van der Waals surface area contributed by atoms with Gasteiger partial charge in [-0.15, -0.1) is 0 Å². The molecule has 1 N–H and O–H groups in total. The normalized spacial score (nSPS) is 34.8. The molecule has 1 aromatic carbocycles. The second-order valence-electron chi connectivity index (χ2n) is 5.58. The maximum absolute atomic E-state index is 10.5. The standard InChI is InChI=1S/C15H21NO/c1-16-13-9-5-8-12(13)10-14(16)15(17)11-6-3-2-4-7-11/h2-4,6-7,12-15,17H,5,8-10H2,1H3/t12-,13-,14+,15+/m1/s1. The fraction of sp³-hybridized carbons (Fsp3) is 0.600. The molecule has 1 saturated heterocycles. The molecule has 4 atom stereocenters. The number of hydrogen-bond donors (Lipinski definition) is 1. The van der Waals surface area contributed by atoms with Crippen molar-refractivity contribution in [2.24, 2.45) is 5.92 Å². The smallest absolute Gasteiger partial charge is 0.0945 e. The first-order valence-corrected chi connectivity index (χ1v) is 6.72. The zero-order chi connectivity index (χ0) is 11.8. The van der Waals surface area contributed by atoms with Gasteiger partial charge in [-0.2, -0.15) is 0 Å². The Balaban J connectivity index is 1.77. The largest absolute Gasteiger partial charge is 0.387 e. The van der Waals surface area contributed by atoms with Crippen LogP contribution in [0.4, 0.5) is 0 Å². The van der Waals surface area contributed by atoms with Crippen molar-refractivity contribution in [2.75, 3.05) is 7.05 Å². The third-order valence-corrected chi connectivity index (χ3v) is 4.71. The summed E-state index contributed by atoms with van der Waals surface area (Å²) in [7, 11) is 2.19. The highest BCUT2D eigenvalue weighted by Gasteiger charge is 2.44. The van der Waals surface area contributed by atoms with E-state index in [1.807, 2.05) is 30.3 Å². The Morgan fingerprint density at radius 1 is 1.24 bits per heavy atom. The summed E-state index contributed by atoms with van der Waals surface area (Å²) in [6.07, 6.45) is 4.88. The Hall–Kier alpha value is -0.860. The van der Waals surface area contributed by atoms with Gasteiger partial charge in [-0.1, -0.05) is 36.8 Å². The fourth-order valence-electron chi connectivity index (χ4n) is 3.77. The van der Waals surface area contributed by atoms with Crippen LogP contribution in [0.1, 0.15) is 37.4 Å². The van der Waals surface area contributed by atoms with E-state index in [1.165, 1.54) is 19.3 Å². The molecule has 0 aromatic heterocycles. The SMILES string of the molecule is CN1[C@@H]2CCC[C@@H]2C[C@H]1[C@@H](O)c1ccccc1. The van der Waals surface area contributed by atoms with E-state index in [0.717, 1.165) is 23.9 Å². The molecule has 1 aliphatic heterocycles. The third-order valence-electron chi connectivity index (χ3n) is 4.71. The van der Waals surface area contributed by atoms with Crippen molar-refractivity contribution in [1.29, 1.82) is 0 Å². The highest BCUT2D eigenvalue weighted by Crippen LogP contribution is 2.43. The Morgan fingerprint density at radius 3 is 2.71 bits per heavy atom. The molecule has 1 aromatic rings. The number of rotatable bonds is 2. The lowest BCUT2D eigenvalue weighted by molar-refractivity contribution is 0.0709.